The van der Waals surface area contributed by atoms with Crippen molar-refractivity contribution in [1.29, 1.82) is 0 Å². The Bertz CT molecular complexity index is 226. The number of hydrogen-bond donors (Lipinski definition) is 1. The van der Waals surface area contributed by atoms with Crippen LogP contribution in [0.3, 0.4) is 0 Å². The molecule has 17 heavy (non-hydrogen) atoms. The Balaban J connectivity index is 1.71. The van der Waals surface area contributed by atoms with Crippen molar-refractivity contribution in [1.82, 2.24) is 9.80 Å². The monoisotopic (exact) mass is 239 g/mol. The maximum Gasteiger partial charge on any atom is 0.0283 e. The Morgan fingerprint density at radius 1 is 1.00 bits per heavy atom. The van der Waals surface area contributed by atoms with E-state index in [2.05, 4.69) is 23.6 Å². The van der Waals surface area contributed by atoms with Crippen molar-refractivity contribution in [2.45, 2.75) is 45.1 Å². The second-order valence-corrected chi connectivity index (χ2v) is 6.54. The number of nitrogens with two attached hydrogens (primary N) is 1. The molecule has 3 heteroatoms. The molecule has 0 radical (unpaired) electrons. The second-order valence-electron chi connectivity index (χ2n) is 6.54. The highest BCUT2D eigenvalue weighted by Gasteiger charge is 2.32. The molecule has 0 amide bonds. The van der Waals surface area contributed by atoms with Crippen LogP contribution in [0.15, 0.2) is 0 Å². The van der Waals surface area contributed by atoms with E-state index in [1.54, 1.807) is 0 Å². The molecule has 1 heterocycles. The summed E-state index contributed by atoms with van der Waals surface area (Å²) in [5.41, 5.74) is 6.59. The first-order valence-corrected chi connectivity index (χ1v) is 7.31. The Morgan fingerprint density at radius 3 is 2.06 bits per heavy atom. The van der Waals surface area contributed by atoms with Crippen molar-refractivity contribution in [3.8, 4) is 0 Å². The molecule has 0 aromatic heterocycles. The Labute approximate surface area is 106 Å². The molecule has 0 bridgehead atoms. The van der Waals surface area contributed by atoms with Gasteiger partial charge >= 0.3 is 0 Å². The lowest BCUT2D eigenvalue weighted by molar-refractivity contribution is 0.103. The maximum atomic E-state index is 6.45. The molecule has 0 aromatic carbocycles. The third kappa shape index (κ3) is 3.94. The van der Waals surface area contributed by atoms with E-state index in [0.717, 1.165) is 12.5 Å². The van der Waals surface area contributed by atoms with Gasteiger partial charge in [0.15, 0.2) is 0 Å². The van der Waals surface area contributed by atoms with Crippen LogP contribution in [-0.4, -0.2) is 54.6 Å². The Hall–Kier alpha value is -0.120. The van der Waals surface area contributed by atoms with Gasteiger partial charge in [-0.15, -0.1) is 0 Å². The van der Waals surface area contributed by atoms with E-state index in [4.69, 9.17) is 5.73 Å². The van der Waals surface area contributed by atoms with E-state index >= 15 is 0 Å². The lowest BCUT2D eigenvalue weighted by Crippen LogP contribution is -2.54. The summed E-state index contributed by atoms with van der Waals surface area (Å²) in [6.07, 6.45) is 5.14. The van der Waals surface area contributed by atoms with Gasteiger partial charge in [0, 0.05) is 44.8 Å². The summed E-state index contributed by atoms with van der Waals surface area (Å²) in [5.74, 6) is 0.789. The smallest absolute Gasteiger partial charge is 0.0283 e. The Morgan fingerprint density at radius 2 is 1.53 bits per heavy atom. The summed E-state index contributed by atoms with van der Waals surface area (Å²) >= 11 is 0. The summed E-state index contributed by atoms with van der Waals surface area (Å²) in [5, 5.41) is 0. The average Bonchev–Trinajstić information content (AvgIpc) is 2.67. The minimum absolute atomic E-state index is 0.139. The summed E-state index contributed by atoms with van der Waals surface area (Å²) in [6, 6.07) is 0. The predicted octanol–water partition coefficient (Wildman–Crippen LogP) is 1.53. The lowest BCUT2D eigenvalue weighted by Gasteiger charge is -2.39. The van der Waals surface area contributed by atoms with E-state index in [9.17, 15) is 0 Å². The predicted molar refractivity (Wildman–Crippen MR) is 73.1 cm³/mol. The summed E-state index contributed by atoms with van der Waals surface area (Å²) < 4.78 is 0. The fraction of sp³-hybridized carbons (Fsp3) is 1.00. The van der Waals surface area contributed by atoms with Crippen molar-refractivity contribution in [2.75, 3.05) is 39.3 Å². The van der Waals surface area contributed by atoms with Crippen LogP contribution < -0.4 is 5.73 Å². The first-order valence-electron chi connectivity index (χ1n) is 7.31. The van der Waals surface area contributed by atoms with Crippen LogP contribution in [0.2, 0.25) is 0 Å². The zero-order valence-corrected chi connectivity index (χ0v) is 11.6. The van der Waals surface area contributed by atoms with Crippen LogP contribution in [0.25, 0.3) is 0 Å². The van der Waals surface area contributed by atoms with Gasteiger partial charge in [-0.3, -0.25) is 4.90 Å². The highest BCUT2D eigenvalue weighted by molar-refractivity contribution is 4.93. The van der Waals surface area contributed by atoms with E-state index < -0.39 is 0 Å². The van der Waals surface area contributed by atoms with Crippen LogP contribution in [0.4, 0.5) is 0 Å². The number of nitrogens with zero attached hydrogens (tertiary/aromatic N) is 2. The molecule has 1 aliphatic carbocycles. The van der Waals surface area contributed by atoms with E-state index in [1.165, 1.54) is 58.4 Å². The third-order valence-electron chi connectivity index (χ3n) is 4.23. The van der Waals surface area contributed by atoms with Gasteiger partial charge in [0.05, 0.1) is 0 Å². The fourth-order valence-corrected chi connectivity index (χ4v) is 3.33. The van der Waals surface area contributed by atoms with Gasteiger partial charge in [-0.2, -0.15) is 0 Å². The molecule has 2 fully saturated rings. The van der Waals surface area contributed by atoms with Crippen LogP contribution in [0.5, 0.6) is 0 Å². The van der Waals surface area contributed by atoms with Crippen molar-refractivity contribution < 1.29 is 0 Å². The molecule has 1 saturated heterocycles. The summed E-state index contributed by atoms with van der Waals surface area (Å²) in [7, 11) is 0. The number of rotatable bonds is 4. The number of piperazine rings is 1. The minimum atomic E-state index is 0.139. The van der Waals surface area contributed by atoms with Crippen LogP contribution in [0, 0.1) is 5.92 Å². The average molecular weight is 239 g/mol. The molecule has 0 aromatic rings. The van der Waals surface area contributed by atoms with Gasteiger partial charge in [-0.05, 0) is 18.8 Å². The van der Waals surface area contributed by atoms with Crippen molar-refractivity contribution in [2.24, 2.45) is 11.7 Å². The molecule has 2 aliphatic rings. The first-order chi connectivity index (χ1) is 8.07. The summed E-state index contributed by atoms with van der Waals surface area (Å²) in [6.45, 7) is 11.9. The van der Waals surface area contributed by atoms with Gasteiger partial charge < -0.3 is 10.6 Å². The largest absolute Gasteiger partial charge is 0.324 e. The molecule has 0 atom stereocenters. The minimum Gasteiger partial charge on any atom is -0.324 e. The van der Waals surface area contributed by atoms with E-state index in [1.807, 2.05) is 0 Å². The van der Waals surface area contributed by atoms with E-state index in [-0.39, 0.29) is 5.54 Å². The molecule has 2 rings (SSSR count). The highest BCUT2D eigenvalue weighted by Crippen LogP contribution is 2.28. The normalized spacial score (nSPS) is 26.8. The van der Waals surface area contributed by atoms with Crippen LogP contribution >= 0.6 is 0 Å². The molecular weight excluding hydrogens is 210 g/mol. The molecule has 3 nitrogen and oxygen atoms in total. The van der Waals surface area contributed by atoms with Crippen molar-refractivity contribution in [3.63, 3.8) is 0 Å². The standard InChI is InChI=1S/C14H29N3/c1-13(2)11-16-7-9-17(10-8-16)12-14(15)5-3-4-6-14/h13H,3-12,15H2,1-2H3. The summed E-state index contributed by atoms with van der Waals surface area (Å²) in [4.78, 5) is 5.18. The zero-order valence-electron chi connectivity index (χ0n) is 11.6. The third-order valence-corrected chi connectivity index (χ3v) is 4.23. The molecule has 1 aliphatic heterocycles. The lowest BCUT2D eigenvalue weighted by atomic mass is 9.98. The molecule has 0 spiro atoms. The second kappa shape index (κ2) is 5.68. The molecule has 0 unspecified atom stereocenters. The van der Waals surface area contributed by atoms with Gasteiger partial charge in [-0.1, -0.05) is 26.7 Å². The number of hydrogen-bond acceptors (Lipinski definition) is 3. The Kier molecular flexibility index (Phi) is 4.45. The van der Waals surface area contributed by atoms with Gasteiger partial charge in [-0.25, -0.2) is 0 Å². The molecule has 100 valence electrons. The molecular formula is C14H29N3. The van der Waals surface area contributed by atoms with Crippen molar-refractivity contribution >= 4 is 0 Å². The maximum absolute atomic E-state index is 6.45. The fourth-order valence-electron chi connectivity index (χ4n) is 3.33. The first kappa shape index (κ1) is 13.3. The highest BCUT2D eigenvalue weighted by atomic mass is 15.3. The molecule has 2 N–H and O–H groups in total. The van der Waals surface area contributed by atoms with Gasteiger partial charge in [0.25, 0.3) is 0 Å². The van der Waals surface area contributed by atoms with Crippen LogP contribution in [0.1, 0.15) is 39.5 Å². The van der Waals surface area contributed by atoms with Gasteiger partial charge in [0.1, 0.15) is 0 Å². The molecule has 1 saturated carbocycles. The van der Waals surface area contributed by atoms with E-state index in [0.29, 0.717) is 0 Å². The van der Waals surface area contributed by atoms with Crippen LogP contribution in [-0.2, 0) is 0 Å². The van der Waals surface area contributed by atoms with Crippen molar-refractivity contribution in [3.05, 3.63) is 0 Å². The topological polar surface area (TPSA) is 32.5 Å². The quantitative estimate of drug-likeness (QED) is 0.807. The van der Waals surface area contributed by atoms with Gasteiger partial charge in [0.2, 0.25) is 0 Å². The zero-order chi connectivity index (χ0) is 12.3. The SMILES string of the molecule is CC(C)CN1CCN(CC2(N)CCCC2)CC1.